The highest BCUT2D eigenvalue weighted by Gasteiger charge is 2.16. The molecule has 1 aliphatic rings. The van der Waals surface area contributed by atoms with Crippen molar-refractivity contribution in [2.24, 2.45) is 0 Å². The first-order valence-corrected chi connectivity index (χ1v) is 7.30. The van der Waals surface area contributed by atoms with Gasteiger partial charge in [0.15, 0.2) is 11.5 Å². The van der Waals surface area contributed by atoms with Crippen LogP contribution in [0.1, 0.15) is 44.2 Å². The van der Waals surface area contributed by atoms with Crippen LogP contribution in [0.15, 0.2) is 30.6 Å². The van der Waals surface area contributed by atoms with Crippen molar-refractivity contribution in [1.29, 1.82) is 0 Å². The summed E-state index contributed by atoms with van der Waals surface area (Å²) in [6.45, 7) is 7.51. The molecular weight excluding hydrogens is 266 g/mol. The quantitative estimate of drug-likeness (QED) is 0.918. The average molecular weight is 287 g/mol. The predicted molar refractivity (Wildman–Crippen MR) is 80.4 cm³/mol. The van der Waals surface area contributed by atoms with Crippen LogP contribution in [0.25, 0.3) is 0 Å². The van der Waals surface area contributed by atoms with E-state index in [-0.39, 0.29) is 6.04 Å². The maximum absolute atomic E-state index is 5.42. The molecule has 1 aromatic heterocycles. The molecule has 3 rings (SSSR count). The number of ether oxygens (including phenoxy) is 2. The minimum Gasteiger partial charge on any atom is -0.454 e. The largest absolute Gasteiger partial charge is 0.454 e. The van der Waals surface area contributed by atoms with E-state index in [1.165, 1.54) is 5.56 Å². The fourth-order valence-corrected chi connectivity index (χ4v) is 2.50. The van der Waals surface area contributed by atoms with Crippen molar-refractivity contribution in [3.05, 3.63) is 42.0 Å². The summed E-state index contributed by atoms with van der Waals surface area (Å²) in [7, 11) is 0. The Morgan fingerprint density at radius 1 is 1.24 bits per heavy atom. The molecule has 1 atom stereocenters. The van der Waals surface area contributed by atoms with Gasteiger partial charge >= 0.3 is 0 Å². The molecule has 0 aliphatic carbocycles. The first-order valence-electron chi connectivity index (χ1n) is 7.30. The Balaban J connectivity index is 1.66. The Labute approximate surface area is 124 Å². The molecule has 0 radical (unpaired) electrons. The predicted octanol–water partition coefficient (Wildman–Crippen LogP) is 3.04. The van der Waals surface area contributed by atoms with Crippen molar-refractivity contribution in [2.75, 3.05) is 6.79 Å². The standard InChI is InChI=1S/C16H21N3O2/c1-11(2)19-7-6-17-16(19)9-18-12(3)13-4-5-14-15(8-13)21-10-20-14/h4-8,11-12,18H,9-10H2,1-3H3. The zero-order valence-electron chi connectivity index (χ0n) is 12.7. The normalized spacial score (nSPS) is 14.7. The van der Waals surface area contributed by atoms with Gasteiger partial charge in [-0.3, -0.25) is 0 Å². The second-order valence-corrected chi connectivity index (χ2v) is 5.56. The Bertz CT molecular complexity index is 622. The van der Waals surface area contributed by atoms with E-state index in [9.17, 15) is 0 Å². The zero-order chi connectivity index (χ0) is 14.8. The van der Waals surface area contributed by atoms with Crippen molar-refractivity contribution in [3.63, 3.8) is 0 Å². The molecular formula is C16H21N3O2. The monoisotopic (exact) mass is 287 g/mol. The molecule has 112 valence electrons. The van der Waals surface area contributed by atoms with Crippen molar-refractivity contribution < 1.29 is 9.47 Å². The molecule has 1 unspecified atom stereocenters. The van der Waals surface area contributed by atoms with Gasteiger partial charge in [0.25, 0.3) is 0 Å². The molecule has 1 aromatic carbocycles. The van der Waals surface area contributed by atoms with Gasteiger partial charge in [-0.15, -0.1) is 0 Å². The number of hydrogen-bond acceptors (Lipinski definition) is 4. The van der Waals surface area contributed by atoms with Gasteiger partial charge in [-0.2, -0.15) is 0 Å². The summed E-state index contributed by atoms with van der Waals surface area (Å²) in [5.74, 6) is 2.70. The van der Waals surface area contributed by atoms with E-state index < -0.39 is 0 Å². The highest BCUT2D eigenvalue weighted by Crippen LogP contribution is 2.34. The van der Waals surface area contributed by atoms with Crippen LogP contribution in [0.2, 0.25) is 0 Å². The van der Waals surface area contributed by atoms with Gasteiger partial charge in [-0.1, -0.05) is 6.07 Å². The molecule has 5 nitrogen and oxygen atoms in total. The lowest BCUT2D eigenvalue weighted by atomic mass is 10.1. The molecule has 1 aliphatic heterocycles. The summed E-state index contributed by atoms with van der Waals surface area (Å²) >= 11 is 0. The van der Waals surface area contributed by atoms with E-state index in [0.717, 1.165) is 23.9 Å². The first-order chi connectivity index (χ1) is 10.1. The van der Waals surface area contributed by atoms with Gasteiger partial charge in [0, 0.05) is 24.5 Å². The molecule has 0 saturated carbocycles. The average Bonchev–Trinajstić information content (AvgIpc) is 3.12. The van der Waals surface area contributed by atoms with Gasteiger partial charge in [0.2, 0.25) is 6.79 Å². The van der Waals surface area contributed by atoms with E-state index >= 15 is 0 Å². The van der Waals surface area contributed by atoms with Crippen molar-refractivity contribution in [1.82, 2.24) is 14.9 Å². The number of fused-ring (bicyclic) bond motifs is 1. The molecule has 0 saturated heterocycles. The number of aromatic nitrogens is 2. The summed E-state index contributed by atoms with van der Waals surface area (Å²) in [6, 6.07) is 6.71. The minimum absolute atomic E-state index is 0.219. The molecule has 0 fully saturated rings. The fraction of sp³-hybridized carbons (Fsp3) is 0.438. The summed E-state index contributed by atoms with van der Waals surface area (Å²) in [4.78, 5) is 4.42. The van der Waals surface area contributed by atoms with E-state index in [1.807, 2.05) is 24.5 Å². The third-order valence-corrected chi connectivity index (χ3v) is 3.77. The van der Waals surface area contributed by atoms with Crippen LogP contribution >= 0.6 is 0 Å². The van der Waals surface area contributed by atoms with Crippen LogP contribution in [-0.4, -0.2) is 16.3 Å². The van der Waals surface area contributed by atoms with Crippen LogP contribution in [0.3, 0.4) is 0 Å². The van der Waals surface area contributed by atoms with E-state index in [1.54, 1.807) is 0 Å². The lowest BCUT2D eigenvalue weighted by Gasteiger charge is -2.16. The number of benzene rings is 1. The minimum atomic E-state index is 0.219. The molecule has 1 N–H and O–H groups in total. The number of hydrogen-bond donors (Lipinski definition) is 1. The fourth-order valence-electron chi connectivity index (χ4n) is 2.50. The SMILES string of the molecule is CC(NCc1nccn1C(C)C)c1ccc2c(c1)OCO2. The second-order valence-electron chi connectivity index (χ2n) is 5.56. The summed E-state index contributed by atoms with van der Waals surface area (Å²) in [5.41, 5.74) is 1.18. The first kappa shape index (κ1) is 13.9. The van der Waals surface area contributed by atoms with Gasteiger partial charge < -0.3 is 19.4 Å². The maximum Gasteiger partial charge on any atom is 0.231 e. The van der Waals surface area contributed by atoms with E-state index in [0.29, 0.717) is 12.8 Å². The highest BCUT2D eigenvalue weighted by atomic mass is 16.7. The Kier molecular flexibility index (Phi) is 3.84. The molecule has 0 spiro atoms. The summed E-state index contributed by atoms with van der Waals surface area (Å²) < 4.78 is 12.9. The van der Waals surface area contributed by atoms with Gasteiger partial charge in [0.05, 0.1) is 6.54 Å². The maximum atomic E-state index is 5.42. The zero-order valence-corrected chi connectivity index (χ0v) is 12.7. The lowest BCUT2D eigenvalue weighted by Crippen LogP contribution is -2.21. The Hall–Kier alpha value is -2.01. The molecule has 2 aromatic rings. The van der Waals surface area contributed by atoms with Crippen molar-refractivity contribution >= 4 is 0 Å². The van der Waals surface area contributed by atoms with Crippen molar-refractivity contribution in [3.8, 4) is 11.5 Å². The smallest absolute Gasteiger partial charge is 0.231 e. The number of nitrogens with zero attached hydrogens (tertiary/aromatic N) is 2. The molecule has 5 heteroatoms. The van der Waals surface area contributed by atoms with Gasteiger partial charge in [0.1, 0.15) is 5.82 Å². The van der Waals surface area contributed by atoms with Crippen LogP contribution in [0.4, 0.5) is 0 Å². The molecule has 21 heavy (non-hydrogen) atoms. The van der Waals surface area contributed by atoms with Crippen molar-refractivity contribution in [2.45, 2.75) is 39.4 Å². The molecule has 0 amide bonds. The summed E-state index contributed by atoms with van der Waals surface area (Å²) in [6.07, 6.45) is 3.87. The topological polar surface area (TPSA) is 48.3 Å². The van der Waals surface area contributed by atoms with E-state index in [4.69, 9.17) is 9.47 Å². The lowest BCUT2D eigenvalue weighted by molar-refractivity contribution is 0.174. The van der Waals surface area contributed by atoms with Gasteiger partial charge in [-0.25, -0.2) is 4.98 Å². The Morgan fingerprint density at radius 3 is 2.86 bits per heavy atom. The van der Waals surface area contributed by atoms with Gasteiger partial charge in [-0.05, 0) is 38.5 Å². The number of rotatable bonds is 5. The molecule has 2 heterocycles. The van der Waals surface area contributed by atoms with Crippen LogP contribution in [0, 0.1) is 0 Å². The summed E-state index contributed by atoms with van der Waals surface area (Å²) in [5, 5.41) is 3.51. The third-order valence-electron chi connectivity index (χ3n) is 3.77. The van der Waals surface area contributed by atoms with Crippen LogP contribution in [-0.2, 0) is 6.54 Å². The van der Waals surface area contributed by atoms with Crippen LogP contribution < -0.4 is 14.8 Å². The number of imidazole rings is 1. The van der Waals surface area contributed by atoms with Crippen LogP contribution in [0.5, 0.6) is 11.5 Å². The Morgan fingerprint density at radius 2 is 2.05 bits per heavy atom. The number of nitrogens with one attached hydrogen (secondary N) is 1. The highest BCUT2D eigenvalue weighted by molar-refractivity contribution is 5.45. The molecule has 0 bridgehead atoms. The van der Waals surface area contributed by atoms with E-state index in [2.05, 4.69) is 41.7 Å². The second kappa shape index (κ2) is 5.77. The third kappa shape index (κ3) is 2.88.